The van der Waals surface area contributed by atoms with Crippen molar-refractivity contribution in [1.82, 2.24) is 5.32 Å². The summed E-state index contributed by atoms with van der Waals surface area (Å²) in [6.45, 7) is 4.76. The van der Waals surface area contributed by atoms with E-state index in [4.69, 9.17) is 4.74 Å². The van der Waals surface area contributed by atoms with Crippen molar-refractivity contribution in [3.8, 4) is 0 Å². The molecule has 0 aliphatic heterocycles. The fourth-order valence-corrected chi connectivity index (χ4v) is 1.88. The standard InChI is InChI=1S/C14H17N3O8/c1-14(2,3)25-13(20)15-10(12(18)19)6-8-4-5-9(16(21)22)7-11(8)17(23)24/h4-5,7,10H,6H2,1-3H3,(H,15,20)(H,18,19)/t10-/m0/s1. The normalized spacial score (nSPS) is 12.1. The van der Waals surface area contributed by atoms with E-state index in [-0.39, 0.29) is 5.56 Å². The Bertz CT molecular complexity index is 711. The number of carbonyl (C=O) groups excluding carboxylic acids is 1. The summed E-state index contributed by atoms with van der Waals surface area (Å²) in [6, 6.07) is 1.34. The number of nitro groups is 2. The minimum atomic E-state index is -1.50. The van der Waals surface area contributed by atoms with E-state index in [1.165, 1.54) is 0 Å². The number of hydrogen-bond acceptors (Lipinski definition) is 7. The third kappa shape index (κ3) is 6.05. The van der Waals surface area contributed by atoms with Gasteiger partial charge in [0.1, 0.15) is 11.6 Å². The van der Waals surface area contributed by atoms with Gasteiger partial charge in [0.15, 0.2) is 0 Å². The molecular weight excluding hydrogens is 338 g/mol. The first-order valence-corrected chi connectivity index (χ1v) is 7.04. The summed E-state index contributed by atoms with van der Waals surface area (Å²) in [5, 5.41) is 33.1. The van der Waals surface area contributed by atoms with Crippen LogP contribution in [0.1, 0.15) is 26.3 Å². The minimum absolute atomic E-state index is 0.0703. The van der Waals surface area contributed by atoms with Crippen molar-refractivity contribution in [2.45, 2.75) is 38.8 Å². The number of nitro benzene ring substituents is 2. The third-order valence-corrected chi connectivity index (χ3v) is 2.89. The molecule has 11 heteroatoms. The largest absolute Gasteiger partial charge is 0.480 e. The molecule has 25 heavy (non-hydrogen) atoms. The molecule has 1 aromatic carbocycles. The van der Waals surface area contributed by atoms with Gasteiger partial charge in [-0.25, -0.2) is 9.59 Å². The van der Waals surface area contributed by atoms with Crippen LogP contribution in [-0.4, -0.2) is 38.7 Å². The molecule has 1 rings (SSSR count). The number of non-ortho nitro benzene ring substituents is 1. The molecule has 0 aliphatic carbocycles. The maximum Gasteiger partial charge on any atom is 0.408 e. The number of benzene rings is 1. The summed E-state index contributed by atoms with van der Waals surface area (Å²) < 4.78 is 4.95. The van der Waals surface area contributed by atoms with Gasteiger partial charge in [0.25, 0.3) is 11.4 Å². The molecule has 0 radical (unpaired) electrons. The summed E-state index contributed by atoms with van der Waals surface area (Å²) >= 11 is 0. The fourth-order valence-electron chi connectivity index (χ4n) is 1.88. The molecule has 0 saturated heterocycles. The smallest absolute Gasteiger partial charge is 0.408 e. The topological polar surface area (TPSA) is 162 Å². The second kappa shape index (κ2) is 7.55. The lowest BCUT2D eigenvalue weighted by Gasteiger charge is -2.22. The molecule has 0 spiro atoms. The van der Waals surface area contributed by atoms with Crippen LogP contribution in [-0.2, 0) is 16.0 Å². The number of nitrogens with zero attached hydrogens (tertiary/aromatic N) is 2. The third-order valence-electron chi connectivity index (χ3n) is 2.89. The Labute approximate surface area is 141 Å². The van der Waals surface area contributed by atoms with Gasteiger partial charge in [-0.1, -0.05) is 0 Å². The van der Waals surface area contributed by atoms with Crippen LogP contribution in [0.15, 0.2) is 18.2 Å². The Morgan fingerprint density at radius 2 is 1.84 bits per heavy atom. The lowest BCUT2D eigenvalue weighted by molar-refractivity contribution is -0.394. The highest BCUT2D eigenvalue weighted by atomic mass is 16.6. The average Bonchev–Trinajstić information content (AvgIpc) is 2.44. The first-order valence-electron chi connectivity index (χ1n) is 7.04. The Balaban J connectivity index is 3.06. The molecule has 136 valence electrons. The molecular formula is C14H17N3O8. The molecule has 2 N–H and O–H groups in total. The van der Waals surface area contributed by atoms with Crippen LogP contribution in [0.3, 0.4) is 0 Å². The summed E-state index contributed by atoms with van der Waals surface area (Å²) in [5.74, 6) is -1.43. The number of alkyl carbamates (subject to hydrolysis) is 1. The van der Waals surface area contributed by atoms with Crippen molar-refractivity contribution in [1.29, 1.82) is 0 Å². The molecule has 1 aromatic rings. The van der Waals surface area contributed by atoms with Gasteiger partial charge in [0.2, 0.25) is 0 Å². The predicted molar refractivity (Wildman–Crippen MR) is 84.2 cm³/mol. The van der Waals surface area contributed by atoms with Crippen LogP contribution in [0.25, 0.3) is 0 Å². The number of hydrogen-bond donors (Lipinski definition) is 2. The Morgan fingerprint density at radius 3 is 2.28 bits per heavy atom. The number of ether oxygens (including phenoxy) is 1. The molecule has 0 fully saturated rings. The number of carboxylic acids is 1. The van der Waals surface area contributed by atoms with Crippen molar-refractivity contribution >= 4 is 23.4 Å². The molecule has 1 amide bonds. The van der Waals surface area contributed by atoms with Gasteiger partial charge in [-0.05, 0) is 26.8 Å². The van der Waals surface area contributed by atoms with E-state index in [1.807, 2.05) is 0 Å². The second-order valence-electron chi connectivity index (χ2n) is 6.07. The van der Waals surface area contributed by atoms with E-state index in [1.54, 1.807) is 20.8 Å². The average molecular weight is 355 g/mol. The fraction of sp³-hybridized carbons (Fsp3) is 0.429. The Kier molecular flexibility index (Phi) is 5.98. The molecule has 11 nitrogen and oxygen atoms in total. The Morgan fingerprint density at radius 1 is 1.24 bits per heavy atom. The number of aliphatic carboxylic acids is 1. The zero-order valence-corrected chi connectivity index (χ0v) is 13.7. The quantitative estimate of drug-likeness (QED) is 0.578. The van der Waals surface area contributed by atoms with Crippen LogP contribution >= 0.6 is 0 Å². The van der Waals surface area contributed by atoms with Gasteiger partial charge in [0, 0.05) is 18.1 Å². The number of carbonyl (C=O) groups is 2. The van der Waals surface area contributed by atoms with E-state index in [0.717, 1.165) is 18.2 Å². The number of carboxylic acid groups (broad SMARTS) is 1. The Hall–Kier alpha value is -3.24. The van der Waals surface area contributed by atoms with E-state index >= 15 is 0 Å². The van der Waals surface area contributed by atoms with Crippen LogP contribution < -0.4 is 5.32 Å². The molecule has 0 aliphatic rings. The molecule has 1 atom stereocenters. The van der Waals surface area contributed by atoms with Crippen LogP contribution in [0.5, 0.6) is 0 Å². The maximum absolute atomic E-state index is 11.7. The monoisotopic (exact) mass is 355 g/mol. The first kappa shape index (κ1) is 19.8. The van der Waals surface area contributed by atoms with Crippen LogP contribution in [0.2, 0.25) is 0 Å². The van der Waals surface area contributed by atoms with Crippen molar-refractivity contribution in [2.75, 3.05) is 0 Å². The number of nitrogens with one attached hydrogen (secondary N) is 1. The summed E-state index contributed by atoms with van der Waals surface area (Å²) in [6.07, 6.45) is -1.44. The highest BCUT2D eigenvalue weighted by molar-refractivity contribution is 5.80. The van der Waals surface area contributed by atoms with Crippen LogP contribution in [0.4, 0.5) is 16.2 Å². The SMILES string of the molecule is CC(C)(C)OC(=O)N[C@@H](Cc1ccc([N+](=O)[O-])cc1[N+](=O)[O-])C(=O)O. The minimum Gasteiger partial charge on any atom is -0.480 e. The molecule has 0 heterocycles. The highest BCUT2D eigenvalue weighted by Gasteiger charge is 2.28. The van der Waals surface area contributed by atoms with E-state index in [2.05, 4.69) is 5.32 Å². The summed E-state index contributed by atoms with van der Waals surface area (Å²) in [4.78, 5) is 43.2. The van der Waals surface area contributed by atoms with Gasteiger partial charge >= 0.3 is 12.1 Å². The number of amides is 1. The second-order valence-corrected chi connectivity index (χ2v) is 6.07. The lowest BCUT2D eigenvalue weighted by Crippen LogP contribution is -2.44. The zero-order valence-electron chi connectivity index (χ0n) is 13.7. The van der Waals surface area contributed by atoms with Gasteiger partial charge in [-0.2, -0.15) is 0 Å². The maximum atomic E-state index is 11.7. The van der Waals surface area contributed by atoms with Crippen molar-refractivity contribution in [2.24, 2.45) is 0 Å². The molecule has 0 aromatic heterocycles. The van der Waals surface area contributed by atoms with E-state index < -0.39 is 51.3 Å². The summed E-state index contributed by atoms with van der Waals surface area (Å²) in [7, 11) is 0. The predicted octanol–water partition coefficient (Wildman–Crippen LogP) is 2.02. The van der Waals surface area contributed by atoms with Gasteiger partial charge in [-0.3, -0.25) is 20.2 Å². The number of rotatable bonds is 6. The highest BCUT2D eigenvalue weighted by Crippen LogP contribution is 2.25. The molecule has 0 saturated carbocycles. The first-order chi connectivity index (χ1) is 11.4. The lowest BCUT2D eigenvalue weighted by atomic mass is 10.0. The molecule has 0 unspecified atom stereocenters. The van der Waals surface area contributed by atoms with Gasteiger partial charge in [0.05, 0.1) is 15.9 Å². The molecule has 0 bridgehead atoms. The van der Waals surface area contributed by atoms with Crippen molar-refractivity contribution < 1.29 is 29.3 Å². The van der Waals surface area contributed by atoms with Crippen LogP contribution in [0, 0.1) is 20.2 Å². The van der Waals surface area contributed by atoms with E-state index in [0.29, 0.717) is 0 Å². The zero-order chi connectivity index (χ0) is 19.4. The van der Waals surface area contributed by atoms with E-state index in [9.17, 15) is 34.9 Å². The van der Waals surface area contributed by atoms with Crippen molar-refractivity contribution in [3.05, 3.63) is 44.0 Å². The van der Waals surface area contributed by atoms with Gasteiger partial charge in [-0.15, -0.1) is 0 Å². The van der Waals surface area contributed by atoms with Gasteiger partial charge < -0.3 is 15.2 Å². The summed E-state index contributed by atoms with van der Waals surface area (Å²) in [5.41, 5.74) is -2.03. The van der Waals surface area contributed by atoms with Crippen molar-refractivity contribution in [3.63, 3.8) is 0 Å².